The van der Waals surface area contributed by atoms with Gasteiger partial charge in [0.25, 0.3) is 5.91 Å². The summed E-state index contributed by atoms with van der Waals surface area (Å²) in [6, 6.07) is 8.72. The van der Waals surface area contributed by atoms with Gasteiger partial charge in [-0.15, -0.1) is 0 Å². The molecule has 1 aliphatic heterocycles. The maximum atomic E-state index is 14.2. The smallest absolute Gasteiger partial charge is 0.259 e. The van der Waals surface area contributed by atoms with Gasteiger partial charge in [0.15, 0.2) is 0 Å². The van der Waals surface area contributed by atoms with Gasteiger partial charge in [0.05, 0.1) is 12.7 Å². The molecule has 0 atom stereocenters. The van der Waals surface area contributed by atoms with E-state index in [4.69, 9.17) is 4.74 Å². The van der Waals surface area contributed by atoms with Gasteiger partial charge in [0.1, 0.15) is 11.6 Å². The lowest BCUT2D eigenvalue weighted by atomic mass is 9.86. The van der Waals surface area contributed by atoms with E-state index in [9.17, 15) is 9.18 Å². The van der Waals surface area contributed by atoms with Gasteiger partial charge in [0, 0.05) is 24.3 Å². The first-order valence-electron chi connectivity index (χ1n) is 9.19. The number of likely N-dealkylation sites (N-methyl/N-ethyl adjacent to an activating group) is 1. The number of carbonyl (C=O) groups excluding carboxylic acids is 1. The summed E-state index contributed by atoms with van der Waals surface area (Å²) in [4.78, 5) is 15.0. The highest BCUT2D eigenvalue weighted by Gasteiger charge is 2.23. The lowest BCUT2D eigenvalue weighted by Gasteiger charge is -2.27. The third-order valence-corrected chi connectivity index (χ3v) is 5.11. The van der Waals surface area contributed by atoms with E-state index < -0.39 is 0 Å². The van der Waals surface area contributed by atoms with E-state index >= 15 is 0 Å². The van der Waals surface area contributed by atoms with Gasteiger partial charge < -0.3 is 15.0 Å². The van der Waals surface area contributed by atoms with Gasteiger partial charge in [-0.2, -0.15) is 0 Å². The van der Waals surface area contributed by atoms with Gasteiger partial charge in [-0.05, 0) is 54.3 Å². The van der Waals surface area contributed by atoms with Crippen LogP contribution in [0.3, 0.4) is 0 Å². The standard InChI is InChI=1S/C22H27FN2O2/c1-22(2,3)14-6-7-16(20(12-14)27-5)21(26)24-19-9-8-18(23)17-13-25(4)11-10-15(17)19/h6-9,12H,10-11,13H2,1-5H3,(H,24,26). The number of anilines is 1. The van der Waals surface area contributed by atoms with Crippen LogP contribution in [0, 0.1) is 5.82 Å². The molecule has 0 fully saturated rings. The number of nitrogens with zero attached hydrogens (tertiary/aromatic N) is 1. The second-order valence-corrected chi connectivity index (χ2v) is 8.16. The molecule has 1 N–H and O–H groups in total. The molecule has 0 unspecified atom stereocenters. The molecule has 27 heavy (non-hydrogen) atoms. The van der Waals surface area contributed by atoms with E-state index in [0.717, 1.165) is 17.7 Å². The number of methoxy groups -OCH3 is 1. The molecule has 0 bridgehead atoms. The molecule has 2 aromatic rings. The predicted octanol–water partition coefficient (Wildman–Crippen LogP) is 4.37. The fraction of sp³-hybridized carbons (Fsp3) is 0.409. The number of benzene rings is 2. The van der Waals surface area contributed by atoms with Gasteiger partial charge in [-0.1, -0.05) is 26.8 Å². The molecule has 1 heterocycles. The van der Waals surface area contributed by atoms with Crippen LogP contribution in [-0.4, -0.2) is 31.5 Å². The highest BCUT2D eigenvalue weighted by Crippen LogP contribution is 2.31. The summed E-state index contributed by atoms with van der Waals surface area (Å²) in [5.41, 5.74) is 3.74. The lowest BCUT2D eigenvalue weighted by Crippen LogP contribution is -2.28. The minimum atomic E-state index is -0.250. The first-order chi connectivity index (χ1) is 12.7. The third-order valence-electron chi connectivity index (χ3n) is 5.11. The zero-order chi connectivity index (χ0) is 19.8. The van der Waals surface area contributed by atoms with Crippen molar-refractivity contribution in [1.82, 2.24) is 4.90 Å². The maximum Gasteiger partial charge on any atom is 0.259 e. The molecule has 0 radical (unpaired) electrons. The number of hydrogen-bond acceptors (Lipinski definition) is 3. The van der Waals surface area contributed by atoms with Crippen LogP contribution in [0.2, 0.25) is 0 Å². The first kappa shape index (κ1) is 19.4. The average Bonchev–Trinajstić information content (AvgIpc) is 2.62. The number of ether oxygens (including phenoxy) is 1. The number of carbonyl (C=O) groups is 1. The monoisotopic (exact) mass is 370 g/mol. The maximum absolute atomic E-state index is 14.2. The summed E-state index contributed by atoms with van der Waals surface area (Å²) in [6.45, 7) is 7.73. The molecule has 0 aliphatic carbocycles. The molecule has 1 aliphatic rings. The second-order valence-electron chi connectivity index (χ2n) is 8.16. The van der Waals surface area contributed by atoms with Crippen molar-refractivity contribution in [1.29, 1.82) is 0 Å². The molecule has 0 aromatic heterocycles. The summed E-state index contributed by atoms with van der Waals surface area (Å²) in [7, 11) is 3.53. The van der Waals surface area contributed by atoms with E-state index in [1.54, 1.807) is 19.2 Å². The Labute approximate surface area is 160 Å². The van der Waals surface area contributed by atoms with Crippen LogP contribution < -0.4 is 10.1 Å². The zero-order valence-corrected chi connectivity index (χ0v) is 16.6. The molecular weight excluding hydrogens is 343 g/mol. The van der Waals surface area contributed by atoms with Crippen LogP contribution in [0.1, 0.15) is 47.8 Å². The van der Waals surface area contributed by atoms with E-state index in [1.165, 1.54) is 6.07 Å². The molecule has 2 aromatic carbocycles. The van der Waals surface area contributed by atoms with Gasteiger partial charge in [-0.3, -0.25) is 4.79 Å². The van der Waals surface area contributed by atoms with Gasteiger partial charge in [-0.25, -0.2) is 4.39 Å². The van der Waals surface area contributed by atoms with Crippen molar-refractivity contribution in [3.63, 3.8) is 0 Å². The Hall–Kier alpha value is -2.40. The SMILES string of the molecule is COc1cc(C(C)(C)C)ccc1C(=O)Nc1ccc(F)c2c1CCN(C)C2. The Morgan fingerprint density at radius 1 is 1.19 bits per heavy atom. The van der Waals surface area contributed by atoms with Crippen LogP contribution in [0.5, 0.6) is 5.75 Å². The lowest BCUT2D eigenvalue weighted by molar-refractivity contribution is 0.102. The van der Waals surface area contributed by atoms with Gasteiger partial charge in [0.2, 0.25) is 0 Å². The molecule has 1 amide bonds. The minimum absolute atomic E-state index is 0.0374. The zero-order valence-electron chi connectivity index (χ0n) is 16.6. The van der Waals surface area contributed by atoms with Crippen LogP contribution in [-0.2, 0) is 18.4 Å². The molecule has 0 saturated carbocycles. The highest BCUT2D eigenvalue weighted by molar-refractivity contribution is 6.06. The van der Waals surface area contributed by atoms with Crippen LogP contribution in [0.4, 0.5) is 10.1 Å². The second kappa shape index (κ2) is 7.31. The van der Waals surface area contributed by atoms with Crippen LogP contribution >= 0.6 is 0 Å². The molecule has 144 valence electrons. The fourth-order valence-electron chi connectivity index (χ4n) is 3.42. The Morgan fingerprint density at radius 2 is 1.93 bits per heavy atom. The van der Waals surface area contributed by atoms with E-state index in [0.29, 0.717) is 35.5 Å². The predicted molar refractivity (Wildman–Crippen MR) is 106 cm³/mol. The van der Waals surface area contributed by atoms with Crippen molar-refractivity contribution >= 4 is 11.6 Å². The van der Waals surface area contributed by atoms with Crippen molar-refractivity contribution in [3.8, 4) is 5.75 Å². The van der Waals surface area contributed by atoms with Crippen molar-refractivity contribution in [2.24, 2.45) is 0 Å². The van der Waals surface area contributed by atoms with Crippen molar-refractivity contribution < 1.29 is 13.9 Å². The molecule has 4 nitrogen and oxygen atoms in total. The van der Waals surface area contributed by atoms with E-state index in [1.807, 2.05) is 19.2 Å². The van der Waals surface area contributed by atoms with Crippen LogP contribution in [0.25, 0.3) is 0 Å². The number of nitrogens with one attached hydrogen (secondary N) is 1. The highest BCUT2D eigenvalue weighted by atomic mass is 19.1. The van der Waals surface area contributed by atoms with E-state index in [-0.39, 0.29) is 17.1 Å². The Bertz CT molecular complexity index is 871. The summed E-state index contributed by atoms with van der Waals surface area (Å²) in [5.74, 6) is 0.0670. The van der Waals surface area contributed by atoms with Crippen molar-refractivity contribution in [3.05, 3.63) is 58.4 Å². The summed E-state index contributed by atoms with van der Waals surface area (Å²) in [5, 5.41) is 2.96. The molecule has 3 rings (SSSR count). The average molecular weight is 370 g/mol. The molecular formula is C22H27FN2O2. The number of hydrogen-bond donors (Lipinski definition) is 1. The largest absolute Gasteiger partial charge is 0.496 e. The summed E-state index contributed by atoms with van der Waals surface area (Å²) in [6.07, 6.45) is 0.708. The summed E-state index contributed by atoms with van der Waals surface area (Å²) < 4.78 is 19.7. The number of halogens is 1. The van der Waals surface area contributed by atoms with E-state index in [2.05, 4.69) is 31.0 Å². The number of rotatable bonds is 3. The summed E-state index contributed by atoms with van der Waals surface area (Å²) >= 11 is 0. The first-order valence-corrected chi connectivity index (χ1v) is 9.19. The van der Waals surface area contributed by atoms with Crippen LogP contribution in [0.15, 0.2) is 30.3 Å². The quantitative estimate of drug-likeness (QED) is 0.872. The Balaban J connectivity index is 1.92. The minimum Gasteiger partial charge on any atom is -0.496 e. The molecule has 0 spiro atoms. The van der Waals surface area contributed by atoms with Gasteiger partial charge >= 0.3 is 0 Å². The fourth-order valence-corrected chi connectivity index (χ4v) is 3.42. The van der Waals surface area contributed by atoms with Crippen molar-refractivity contribution in [2.45, 2.75) is 39.2 Å². The Morgan fingerprint density at radius 3 is 2.59 bits per heavy atom. The molecule has 0 saturated heterocycles. The number of fused-ring (bicyclic) bond motifs is 1. The molecule has 5 heteroatoms. The number of amides is 1. The normalized spacial score (nSPS) is 14.6. The van der Waals surface area contributed by atoms with Crippen molar-refractivity contribution in [2.75, 3.05) is 26.0 Å². The third kappa shape index (κ3) is 3.98. The topological polar surface area (TPSA) is 41.6 Å². The Kier molecular flexibility index (Phi) is 5.24.